The normalized spacial score (nSPS) is 11.0. The van der Waals surface area contributed by atoms with Gasteiger partial charge in [-0.15, -0.1) is 5.10 Å². The molecule has 0 aliphatic rings. The topological polar surface area (TPSA) is 58.5 Å². The Labute approximate surface area is 127 Å². The molecule has 0 aliphatic carbocycles. The minimum atomic E-state index is 0.596. The van der Waals surface area contributed by atoms with E-state index in [1.165, 1.54) is 16.5 Å². The van der Waals surface area contributed by atoms with Gasteiger partial charge in [0.2, 0.25) is 5.95 Å². The Bertz CT molecular complexity index is 921. The minimum absolute atomic E-state index is 0.596. The molecule has 0 unspecified atom stereocenters. The first-order valence-corrected chi connectivity index (χ1v) is 7.09. The molecule has 108 valence electrons. The molecule has 2 aromatic heterocycles. The number of H-pyrrole nitrogens is 1. The maximum atomic E-state index is 4.24. The zero-order valence-electron chi connectivity index (χ0n) is 12.1. The van der Waals surface area contributed by atoms with E-state index in [0.717, 1.165) is 11.2 Å². The zero-order chi connectivity index (χ0) is 14.9. The fourth-order valence-corrected chi connectivity index (χ4v) is 2.58. The van der Waals surface area contributed by atoms with Crippen molar-refractivity contribution in [1.82, 2.24) is 19.7 Å². The van der Waals surface area contributed by atoms with Gasteiger partial charge in [0.15, 0.2) is 0 Å². The third kappa shape index (κ3) is 2.22. The monoisotopic (exact) mass is 289 g/mol. The van der Waals surface area contributed by atoms with Crippen LogP contribution in [0.3, 0.4) is 0 Å². The van der Waals surface area contributed by atoms with Gasteiger partial charge in [0.25, 0.3) is 0 Å². The summed E-state index contributed by atoms with van der Waals surface area (Å²) in [7, 11) is 1.85. The highest BCUT2D eigenvalue weighted by Crippen LogP contribution is 2.30. The smallest absolute Gasteiger partial charge is 0.246 e. The zero-order valence-corrected chi connectivity index (χ0v) is 12.1. The number of fused-ring (bicyclic) bond motifs is 1. The summed E-state index contributed by atoms with van der Waals surface area (Å²) in [6, 6.07) is 16.5. The van der Waals surface area contributed by atoms with Gasteiger partial charge < -0.3 is 10.3 Å². The Morgan fingerprint density at radius 2 is 1.95 bits per heavy atom. The van der Waals surface area contributed by atoms with Crippen LogP contribution in [0.4, 0.5) is 11.6 Å². The molecule has 0 spiro atoms. The third-order valence-electron chi connectivity index (χ3n) is 3.62. The molecule has 22 heavy (non-hydrogen) atoms. The molecule has 4 rings (SSSR count). The number of nitrogens with zero attached hydrogens (tertiary/aromatic N) is 3. The van der Waals surface area contributed by atoms with Crippen LogP contribution in [0, 0.1) is 0 Å². The fraction of sp³-hybridized carbons (Fsp3) is 0.0588. The van der Waals surface area contributed by atoms with E-state index in [9.17, 15) is 0 Å². The summed E-state index contributed by atoms with van der Waals surface area (Å²) < 4.78 is 1.67. The second-order valence-corrected chi connectivity index (χ2v) is 5.20. The molecule has 2 aromatic carbocycles. The fourth-order valence-electron chi connectivity index (χ4n) is 2.58. The van der Waals surface area contributed by atoms with E-state index in [2.05, 4.69) is 44.6 Å². The molecule has 4 aromatic rings. The Hall–Kier alpha value is -3.08. The number of hydrogen-bond acceptors (Lipinski definition) is 3. The third-order valence-corrected chi connectivity index (χ3v) is 3.62. The highest BCUT2D eigenvalue weighted by Gasteiger charge is 2.07. The Morgan fingerprint density at radius 3 is 2.73 bits per heavy atom. The van der Waals surface area contributed by atoms with Crippen LogP contribution in [0.2, 0.25) is 0 Å². The lowest BCUT2D eigenvalue weighted by atomic mass is 10.0. The highest BCUT2D eigenvalue weighted by molar-refractivity contribution is 5.97. The van der Waals surface area contributed by atoms with Gasteiger partial charge in [0, 0.05) is 35.4 Å². The lowest BCUT2D eigenvalue weighted by Crippen LogP contribution is -1.94. The van der Waals surface area contributed by atoms with Crippen LogP contribution in [-0.4, -0.2) is 19.7 Å². The van der Waals surface area contributed by atoms with Gasteiger partial charge in [-0.25, -0.2) is 4.98 Å². The van der Waals surface area contributed by atoms with E-state index in [-0.39, 0.29) is 0 Å². The van der Waals surface area contributed by atoms with E-state index in [1.54, 1.807) is 11.0 Å². The first-order valence-electron chi connectivity index (χ1n) is 7.09. The van der Waals surface area contributed by atoms with Crippen LogP contribution in [0.1, 0.15) is 0 Å². The van der Waals surface area contributed by atoms with Crippen molar-refractivity contribution in [2.75, 3.05) is 5.32 Å². The number of anilines is 2. The molecule has 0 atom stereocenters. The van der Waals surface area contributed by atoms with Crippen molar-refractivity contribution in [3.63, 3.8) is 0 Å². The molecule has 0 amide bonds. The number of rotatable bonds is 3. The number of aryl methyl sites for hydroxylation is 1. The van der Waals surface area contributed by atoms with Gasteiger partial charge in [-0.05, 0) is 23.8 Å². The average Bonchev–Trinajstić information content (AvgIpc) is 3.14. The van der Waals surface area contributed by atoms with Crippen molar-refractivity contribution >= 4 is 22.5 Å². The molecular formula is C17H15N5. The summed E-state index contributed by atoms with van der Waals surface area (Å²) in [4.78, 5) is 7.51. The number of aromatic amines is 1. The van der Waals surface area contributed by atoms with Crippen molar-refractivity contribution in [2.24, 2.45) is 7.05 Å². The lowest BCUT2D eigenvalue weighted by molar-refractivity contribution is 0.768. The summed E-state index contributed by atoms with van der Waals surface area (Å²) in [6.45, 7) is 0. The number of benzene rings is 2. The Balaban J connectivity index is 1.76. The van der Waals surface area contributed by atoms with Gasteiger partial charge in [-0.2, -0.15) is 0 Å². The summed E-state index contributed by atoms with van der Waals surface area (Å²) >= 11 is 0. The van der Waals surface area contributed by atoms with Crippen LogP contribution in [0.15, 0.2) is 61.1 Å². The first kappa shape index (κ1) is 12.6. The number of nitrogens with one attached hydrogen (secondary N) is 2. The van der Waals surface area contributed by atoms with Gasteiger partial charge in [0.1, 0.15) is 6.33 Å². The first-order chi connectivity index (χ1) is 10.8. The largest absolute Gasteiger partial charge is 0.361 e. The van der Waals surface area contributed by atoms with Crippen molar-refractivity contribution in [2.45, 2.75) is 0 Å². The molecule has 0 aliphatic heterocycles. The molecule has 0 radical (unpaired) electrons. The highest BCUT2D eigenvalue weighted by atomic mass is 15.4. The molecule has 5 nitrogen and oxygen atoms in total. The second-order valence-electron chi connectivity index (χ2n) is 5.20. The number of aromatic nitrogens is 4. The van der Waals surface area contributed by atoms with Crippen molar-refractivity contribution in [3.05, 3.63) is 61.1 Å². The van der Waals surface area contributed by atoms with Crippen molar-refractivity contribution < 1.29 is 0 Å². The maximum Gasteiger partial charge on any atom is 0.246 e. The van der Waals surface area contributed by atoms with Gasteiger partial charge in [-0.1, -0.05) is 30.3 Å². The van der Waals surface area contributed by atoms with Gasteiger partial charge in [-0.3, -0.25) is 4.68 Å². The van der Waals surface area contributed by atoms with E-state index >= 15 is 0 Å². The SMILES string of the molecule is Cn1cnc(Nc2ccc3[nH]cc(-c4ccccc4)c3c2)n1. The molecule has 2 N–H and O–H groups in total. The molecular weight excluding hydrogens is 274 g/mol. The Kier molecular flexibility index (Phi) is 2.89. The lowest BCUT2D eigenvalue weighted by Gasteiger charge is -2.04. The summed E-state index contributed by atoms with van der Waals surface area (Å²) in [6.07, 6.45) is 3.72. The van der Waals surface area contributed by atoms with Crippen LogP contribution >= 0.6 is 0 Å². The molecule has 0 bridgehead atoms. The Morgan fingerprint density at radius 1 is 1.09 bits per heavy atom. The van der Waals surface area contributed by atoms with E-state index in [4.69, 9.17) is 0 Å². The summed E-state index contributed by atoms with van der Waals surface area (Å²) in [5, 5.41) is 8.64. The standard InChI is InChI=1S/C17H15N5/c1-22-11-19-17(21-22)20-13-7-8-16-14(9-13)15(10-18-16)12-5-3-2-4-6-12/h2-11,18H,1H3,(H,20,21). The summed E-state index contributed by atoms with van der Waals surface area (Å²) in [5.41, 5.74) is 4.46. The summed E-state index contributed by atoms with van der Waals surface area (Å²) in [5.74, 6) is 0.596. The van der Waals surface area contributed by atoms with Crippen LogP contribution in [-0.2, 0) is 7.05 Å². The van der Waals surface area contributed by atoms with E-state index < -0.39 is 0 Å². The predicted octanol–water partition coefficient (Wildman–Crippen LogP) is 3.71. The van der Waals surface area contributed by atoms with Gasteiger partial charge >= 0.3 is 0 Å². The quantitative estimate of drug-likeness (QED) is 0.604. The van der Waals surface area contributed by atoms with Crippen LogP contribution < -0.4 is 5.32 Å². The second kappa shape index (κ2) is 5.04. The molecule has 0 saturated carbocycles. The van der Waals surface area contributed by atoms with E-state index in [1.807, 2.05) is 37.5 Å². The predicted molar refractivity (Wildman–Crippen MR) is 88.0 cm³/mol. The molecule has 0 saturated heterocycles. The number of hydrogen-bond donors (Lipinski definition) is 2. The maximum absolute atomic E-state index is 4.24. The van der Waals surface area contributed by atoms with Crippen molar-refractivity contribution in [1.29, 1.82) is 0 Å². The molecule has 0 fully saturated rings. The van der Waals surface area contributed by atoms with E-state index in [0.29, 0.717) is 5.95 Å². The van der Waals surface area contributed by atoms with Gasteiger partial charge in [0.05, 0.1) is 0 Å². The molecule has 2 heterocycles. The average molecular weight is 289 g/mol. The van der Waals surface area contributed by atoms with Crippen LogP contribution in [0.5, 0.6) is 0 Å². The van der Waals surface area contributed by atoms with Crippen molar-refractivity contribution in [3.8, 4) is 11.1 Å². The van der Waals surface area contributed by atoms with Crippen LogP contribution in [0.25, 0.3) is 22.0 Å². The minimum Gasteiger partial charge on any atom is -0.361 e. The molecule has 5 heteroatoms.